The summed E-state index contributed by atoms with van der Waals surface area (Å²) in [5, 5.41) is 0. The Morgan fingerprint density at radius 2 is 1.48 bits per heavy atom. The van der Waals surface area contributed by atoms with Crippen molar-refractivity contribution in [2.24, 2.45) is 0 Å². The summed E-state index contributed by atoms with van der Waals surface area (Å²) >= 11 is 0. The van der Waals surface area contributed by atoms with E-state index in [0.29, 0.717) is 5.95 Å². The molecule has 0 heterocycles. The van der Waals surface area contributed by atoms with Gasteiger partial charge in [-0.25, -0.2) is 0 Å². The van der Waals surface area contributed by atoms with Crippen LogP contribution in [-0.2, 0) is 13.6 Å². The average molecular weight is 357 g/mol. The molecule has 0 aromatic rings. The molecule has 0 saturated heterocycles. The van der Waals surface area contributed by atoms with Gasteiger partial charge < -0.3 is 13.6 Å². The van der Waals surface area contributed by atoms with Crippen molar-refractivity contribution in [3.8, 4) is 0 Å². The number of methoxy groups -OCH3 is 1. The van der Waals surface area contributed by atoms with Gasteiger partial charge in [-0.1, -0.05) is 19.3 Å². The number of rotatable bonds is 5. The highest BCUT2D eigenvalue weighted by Gasteiger charge is 2.26. The maximum Gasteiger partial charge on any atom is 0.272 e. The number of hydrogen-bond acceptors (Lipinski definition) is 3. The van der Waals surface area contributed by atoms with Crippen LogP contribution in [0.15, 0.2) is 23.4 Å². The SMILES string of the molecule is COC(O[Si](C)(C)C)=C1CCCCCCC/C=C\1O[Si](C)(C)C. The highest BCUT2D eigenvalue weighted by molar-refractivity contribution is 6.70. The molecule has 0 atom stereocenters. The minimum Gasteiger partial charge on any atom is -0.544 e. The van der Waals surface area contributed by atoms with Crippen LogP contribution < -0.4 is 0 Å². The largest absolute Gasteiger partial charge is 0.544 e. The molecule has 0 spiro atoms. The smallest absolute Gasteiger partial charge is 0.272 e. The Kier molecular flexibility index (Phi) is 7.94. The van der Waals surface area contributed by atoms with E-state index in [1.54, 1.807) is 7.11 Å². The summed E-state index contributed by atoms with van der Waals surface area (Å²) < 4.78 is 18.3. The second-order valence-electron chi connectivity index (χ2n) is 8.27. The van der Waals surface area contributed by atoms with E-state index in [0.717, 1.165) is 24.2 Å². The first-order valence-electron chi connectivity index (χ1n) is 8.98. The Morgan fingerprint density at radius 3 is 2.04 bits per heavy atom. The lowest BCUT2D eigenvalue weighted by Gasteiger charge is -2.28. The first-order valence-corrected chi connectivity index (χ1v) is 15.8. The Labute approximate surface area is 145 Å². The van der Waals surface area contributed by atoms with Gasteiger partial charge in [0.1, 0.15) is 5.76 Å². The molecule has 1 rings (SSSR count). The normalized spacial score (nSPS) is 22.7. The fraction of sp³-hybridized carbons (Fsp3) is 0.778. The van der Waals surface area contributed by atoms with Crippen LogP contribution in [0.1, 0.15) is 44.9 Å². The fourth-order valence-corrected chi connectivity index (χ4v) is 4.23. The van der Waals surface area contributed by atoms with E-state index in [1.165, 1.54) is 32.1 Å². The molecule has 1 aliphatic carbocycles. The van der Waals surface area contributed by atoms with E-state index in [9.17, 15) is 0 Å². The molecule has 0 fully saturated rings. The summed E-state index contributed by atoms with van der Waals surface area (Å²) in [5.74, 6) is 1.70. The second kappa shape index (κ2) is 8.97. The van der Waals surface area contributed by atoms with Crippen LogP contribution in [0.3, 0.4) is 0 Å². The monoisotopic (exact) mass is 356 g/mol. The van der Waals surface area contributed by atoms with Crippen LogP contribution in [-0.4, -0.2) is 23.7 Å². The Hall–Kier alpha value is -0.686. The third-order valence-corrected chi connectivity index (χ3v) is 5.13. The van der Waals surface area contributed by atoms with E-state index in [4.69, 9.17) is 13.6 Å². The zero-order valence-electron chi connectivity index (χ0n) is 16.3. The molecule has 0 saturated carbocycles. The van der Waals surface area contributed by atoms with Crippen LogP contribution >= 0.6 is 0 Å². The predicted octanol–water partition coefficient (Wildman–Crippen LogP) is 6.18. The van der Waals surface area contributed by atoms with Crippen LogP contribution in [0.2, 0.25) is 39.3 Å². The van der Waals surface area contributed by atoms with Crippen LogP contribution in [0.5, 0.6) is 0 Å². The molecule has 0 N–H and O–H groups in total. The predicted molar refractivity (Wildman–Crippen MR) is 103 cm³/mol. The maximum absolute atomic E-state index is 6.42. The highest BCUT2D eigenvalue weighted by Crippen LogP contribution is 2.30. The molecule has 0 bridgehead atoms. The molecule has 23 heavy (non-hydrogen) atoms. The van der Waals surface area contributed by atoms with Crippen molar-refractivity contribution in [3.05, 3.63) is 23.4 Å². The molecule has 0 aliphatic heterocycles. The van der Waals surface area contributed by atoms with Crippen LogP contribution in [0, 0.1) is 0 Å². The van der Waals surface area contributed by atoms with Gasteiger partial charge in [0.25, 0.3) is 5.95 Å². The van der Waals surface area contributed by atoms with E-state index < -0.39 is 16.6 Å². The molecular formula is C18H36O3Si2. The first kappa shape index (κ1) is 20.4. The quantitative estimate of drug-likeness (QED) is 0.435. The van der Waals surface area contributed by atoms with Gasteiger partial charge in [-0.15, -0.1) is 0 Å². The minimum absolute atomic E-state index is 0.689. The van der Waals surface area contributed by atoms with Crippen molar-refractivity contribution in [1.82, 2.24) is 0 Å². The summed E-state index contributed by atoms with van der Waals surface area (Å²) in [4.78, 5) is 0. The molecule has 3 nitrogen and oxygen atoms in total. The lowest BCUT2D eigenvalue weighted by atomic mass is 10.0. The summed E-state index contributed by atoms with van der Waals surface area (Å²) in [5.41, 5.74) is 1.14. The Bertz CT molecular complexity index is 429. The molecule has 5 heteroatoms. The summed E-state index contributed by atoms with van der Waals surface area (Å²) in [7, 11) is -1.68. The topological polar surface area (TPSA) is 27.7 Å². The third-order valence-electron chi connectivity index (χ3n) is 3.50. The van der Waals surface area contributed by atoms with Gasteiger partial charge in [0, 0.05) is 0 Å². The summed E-state index contributed by atoms with van der Waals surface area (Å²) in [6.07, 6.45) is 10.6. The van der Waals surface area contributed by atoms with Crippen molar-refractivity contribution < 1.29 is 13.6 Å². The van der Waals surface area contributed by atoms with Crippen molar-refractivity contribution >= 4 is 16.6 Å². The van der Waals surface area contributed by atoms with Crippen LogP contribution in [0.25, 0.3) is 0 Å². The van der Waals surface area contributed by atoms with E-state index in [1.807, 2.05) is 0 Å². The number of allylic oxidation sites excluding steroid dienone is 2. The van der Waals surface area contributed by atoms with E-state index >= 15 is 0 Å². The second-order valence-corrected chi connectivity index (χ2v) is 17.1. The van der Waals surface area contributed by atoms with Gasteiger partial charge in [0.05, 0.1) is 12.7 Å². The van der Waals surface area contributed by atoms with Gasteiger partial charge >= 0.3 is 0 Å². The van der Waals surface area contributed by atoms with Gasteiger partial charge in [0.2, 0.25) is 16.6 Å². The van der Waals surface area contributed by atoms with E-state index in [2.05, 4.69) is 45.4 Å². The minimum atomic E-state index is -1.72. The highest BCUT2D eigenvalue weighted by atomic mass is 28.4. The number of ether oxygens (including phenoxy) is 1. The van der Waals surface area contributed by atoms with Crippen LogP contribution in [0.4, 0.5) is 0 Å². The molecule has 0 aromatic heterocycles. The standard InChI is InChI=1S/C18H36O3Si2/c1-19-18(21-23(5,6)7)16-14-12-10-8-9-11-13-15-17(16)20-22(2,3)4/h15H,8-14H2,1-7H3/b17-15+,18-16?. The zero-order chi connectivity index (χ0) is 17.5. The Balaban J connectivity index is 3.21. The van der Waals surface area contributed by atoms with Gasteiger partial charge in [-0.05, 0) is 71.0 Å². The van der Waals surface area contributed by atoms with Crippen molar-refractivity contribution in [2.75, 3.05) is 7.11 Å². The maximum atomic E-state index is 6.42. The lowest BCUT2D eigenvalue weighted by Crippen LogP contribution is -2.28. The van der Waals surface area contributed by atoms with Crippen molar-refractivity contribution in [2.45, 2.75) is 84.2 Å². The van der Waals surface area contributed by atoms with Gasteiger partial charge in [-0.2, -0.15) is 0 Å². The first-order chi connectivity index (χ1) is 10.6. The molecule has 0 aromatic carbocycles. The zero-order valence-corrected chi connectivity index (χ0v) is 18.3. The van der Waals surface area contributed by atoms with Crippen molar-refractivity contribution in [1.29, 1.82) is 0 Å². The molecule has 134 valence electrons. The summed E-state index contributed by atoms with van der Waals surface area (Å²) in [6.45, 7) is 13.3. The molecular weight excluding hydrogens is 320 g/mol. The molecule has 0 unspecified atom stereocenters. The Morgan fingerprint density at radius 1 is 0.870 bits per heavy atom. The number of hydrogen-bond donors (Lipinski definition) is 0. The molecule has 0 amide bonds. The lowest BCUT2D eigenvalue weighted by molar-refractivity contribution is 0.139. The molecule has 0 radical (unpaired) electrons. The van der Waals surface area contributed by atoms with Gasteiger partial charge in [-0.3, -0.25) is 0 Å². The molecule has 1 aliphatic rings. The van der Waals surface area contributed by atoms with E-state index in [-0.39, 0.29) is 0 Å². The van der Waals surface area contributed by atoms with Crippen molar-refractivity contribution in [3.63, 3.8) is 0 Å². The van der Waals surface area contributed by atoms with Gasteiger partial charge in [0.15, 0.2) is 0 Å². The average Bonchev–Trinajstić information content (AvgIpc) is 2.40. The summed E-state index contributed by atoms with van der Waals surface area (Å²) in [6, 6.07) is 0. The third kappa shape index (κ3) is 8.65. The fourth-order valence-electron chi connectivity index (χ4n) is 2.60.